The fourth-order valence-electron chi connectivity index (χ4n) is 2.48. The van der Waals surface area contributed by atoms with Gasteiger partial charge in [0.1, 0.15) is 0 Å². The van der Waals surface area contributed by atoms with Crippen LogP contribution in [0.1, 0.15) is 11.1 Å². The lowest BCUT2D eigenvalue weighted by atomic mass is 9.30. The van der Waals surface area contributed by atoms with Gasteiger partial charge in [-0.15, -0.1) is 0 Å². The Morgan fingerprint density at radius 1 is 0.812 bits per heavy atom. The predicted molar refractivity (Wildman–Crippen MR) is 69.9 cm³/mol. The quantitative estimate of drug-likeness (QED) is 0.611. The van der Waals surface area contributed by atoms with Gasteiger partial charge in [0.15, 0.2) is 0 Å². The predicted octanol–water partition coefficient (Wildman–Crippen LogP) is 1.82. The van der Waals surface area contributed by atoms with E-state index in [2.05, 4.69) is 12.1 Å². The molecule has 0 heterocycles. The van der Waals surface area contributed by atoms with Gasteiger partial charge in [0.2, 0.25) is 0 Å². The van der Waals surface area contributed by atoms with Gasteiger partial charge >= 0.3 is 0 Å². The third kappa shape index (κ3) is 1.09. The maximum Gasteiger partial charge on any atom is 0.0745 e. The van der Waals surface area contributed by atoms with E-state index >= 15 is 0 Å². The van der Waals surface area contributed by atoms with Crippen molar-refractivity contribution in [1.29, 1.82) is 0 Å². The van der Waals surface area contributed by atoms with Gasteiger partial charge in [-0.1, -0.05) is 53.7 Å². The molecule has 0 atom stereocenters. The Bertz CT molecular complexity index is 503. The minimum Gasteiger partial charge on any atom is -0.0620 e. The van der Waals surface area contributed by atoms with E-state index in [0.717, 1.165) is 11.1 Å². The zero-order valence-electron chi connectivity index (χ0n) is 8.85. The van der Waals surface area contributed by atoms with Crippen molar-refractivity contribution in [2.45, 2.75) is 5.21 Å². The molecule has 0 saturated heterocycles. The largest absolute Gasteiger partial charge is 0.0745 e. The molecule has 1 aliphatic rings. The van der Waals surface area contributed by atoms with Crippen molar-refractivity contribution in [3.63, 3.8) is 0 Å². The van der Waals surface area contributed by atoms with Gasteiger partial charge in [-0.25, -0.2) is 0 Å². The Kier molecular flexibility index (Phi) is 2.04. The summed E-state index contributed by atoms with van der Waals surface area (Å²) in [6.07, 6.45) is 0. The van der Waals surface area contributed by atoms with Crippen LogP contribution in [0.4, 0.5) is 0 Å². The fraction of sp³-hybridized carbons (Fsp3) is 0.0769. The summed E-state index contributed by atoms with van der Waals surface area (Å²) in [5.41, 5.74) is 4.53. The van der Waals surface area contributed by atoms with E-state index in [1.165, 1.54) is 11.1 Å². The third-order valence-corrected chi connectivity index (χ3v) is 3.30. The second-order valence-corrected chi connectivity index (χ2v) is 4.13. The summed E-state index contributed by atoms with van der Waals surface area (Å²) in [5.74, 6) is 0. The summed E-state index contributed by atoms with van der Waals surface area (Å²) in [6, 6.07) is 16.3. The van der Waals surface area contributed by atoms with Gasteiger partial charge in [0.25, 0.3) is 0 Å². The molecule has 0 aromatic heterocycles. The number of rotatable bonds is 1. The molecule has 1 aliphatic carbocycles. The second-order valence-electron chi connectivity index (χ2n) is 4.13. The zero-order chi connectivity index (χ0) is 11.2. The second kappa shape index (κ2) is 3.31. The van der Waals surface area contributed by atoms with Crippen LogP contribution < -0.4 is 0 Å². The first-order valence-corrected chi connectivity index (χ1v) is 5.32. The molecule has 0 amide bonds. The smallest absolute Gasteiger partial charge is 0.0620 e. The van der Waals surface area contributed by atoms with Gasteiger partial charge in [-0.05, 0) is 22.3 Å². The normalized spacial score (nSPS) is 15.2. The molecule has 5 radical (unpaired) electrons. The van der Waals surface area contributed by atoms with E-state index in [4.69, 9.17) is 15.6 Å². The monoisotopic (exact) mass is 197 g/mol. The molecule has 0 bridgehead atoms. The number of hydrogen-bond acceptors (Lipinski definition) is 0. The molecular formula is C13H8B3. The van der Waals surface area contributed by atoms with Gasteiger partial charge in [0, 0.05) is 7.74 Å². The highest BCUT2D eigenvalue weighted by Gasteiger charge is 2.35. The first kappa shape index (κ1) is 9.83. The minimum absolute atomic E-state index is 0.646. The van der Waals surface area contributed by atoms with Crippen LogP contribution in [0, 0.1) is 0 Å². The molecule has 0 nitrogen and oxygen atoms in total. The minimum atomic E-state index is -0.646. The number of hydrogen-bond donors (Lipinski definition) is 0. The summed E-state index contributed by atoms with van der Waals surface area (Å²) in [7, 11) is 13.7. The van der Waals surface area contributed by atoms with Crippen LogP contribution in [0.5, 0.6) is 0 Å². The van der Waals surface area contributed by atoms with E-state index in [1.54, 1.807) is 7.17 Å². The van der Waals surface area contributed by atoms with Crippen LogP contribution in [0.3, 0.4) is 0 Å². The lowest BCUT2D eigenvalue weighted by Gasteiger charge is -2.26. The molecule has 0 saturated carbocycles. The van der Waals surface area contributed by atoms with E-state index in [0.29, 0.717) is 0 Å². The summed E-state index contributed by atoms with van der Waals surface area (Å²) in [6.45, 7) is 0. The van der Waals surface area contributed by atoms with Crippen molar-refractivity contribution in [3.8, 4) is 11.1 Å². The van der Waals surface area contributed by atoms with Crippen LogP contribution in [-0.4, -0.2) is 22.8 Å². The highest BCUT2D eigenvalue weighted by molar-refractivity contribution is 6.95. The molecule has 2 aromatic carbocycles. The third-order valence-electron chi connectivity index (χ3n) is 3.30. The molecule has 0 fully saturated rings. The molecule has 3 rings (SSSR count). The topological polar surface area (TPSA) is 0 Å². The van der Waals surface area contributed by atoms with E-state index in [1.807, 2.05) is 36.4 Å². The Labute approximate surface area is 99.1 Å². The van der Waals surface area contributed by atoms with Crippen LogP contribution in [0.2, 0.25) is 0 Å². The molecule has 16 heavy (non-hydrogen) atoms. The lowest BCUT2D eigenvalue weighted by Crippen LogP contribution is -2.33. The van der Waals surface area contributed by atoms with Gasteiger partial charge in [-0.2, -0.15) is 0 Å². The Morgan fingerprint density at radius 2 is 1.25 bits per heavy atom. The van der Waals surface area contributed by atoms with E-state index in [9.17, 15) is 0 Å². The summed E-state index contributed by atoms with van der Waals surface area (Å²) < 4.78 is 0. The number of fused-ring (bicyclic) bond motifs is 3. The maximum atomic E-state index is 6.40. The average molecular weight is 197 g/mol. The molecule has 69 valence electrons. The highest BCUT2D eigenvalue weighted by Crippen LogP contribution is 2.45. The van der Waals surface area contributed by atoms with Crippen molar-refractivity contribution in [1.82, 2.24) is 0 Å². The Hall–Kier alpha value is -1.37. The highest BCUT2D eigenvalue weighted by atomic mass is 14.3. The molecule has 0 N–H and O–H groups in total. The zero-order valence-corrected chi connectivity index (χ0v) is 8.85. The van der Waals surface area contributed by atoms with Crippen LogP contribution in [0.15, 0.2) is 48.5 Å². The van der Waals surface area contributed by atoms with Crippen molar-refractivity contribution < 1.29 is 0 Å². The molecule has 0 spiro atoms. The SMILES string of the molecule is [B][B]C1([B])c2ccccc2-c2ccccc21. The van der Waals surface area contributed by atoms with Gasteiger partial charge in [-0.3, -0.25) is 0 Å². The Balaban J connectivity index is 2.39. The fourth-order valence-corrected chi connectivity index (χ4v) is 2.48. The van der Waals surface area contributed by atoms with Gasteiger partial charge < -0.3 is 0 Å². The van der Waals surface area contributed by atoms with Crippen molar-refractivity contribution in [2.75, 3.05) is 0 Å². The van der Waals surface area contributed by atoms with E-state index in [-0.39, 0.29) is 0 Å². The van der Waals surface area contributed by atoms with Crippen LogP contribution in [0.25, 0.3) is 11.1 Å². The van der Waals surface area contributed by atoms with Crippen LogP contribution >= 0.6 is 0 Å². The van der Waals surface area contributed by atoms with E-state index < -0.39 is 5.21 Å². The van der Waals surface area contributed by atoms with Gasteiger partial charge in [0.05, 0.1) is 15.0 Å². The lowest BCUT2D eigenvalue weighted by molar-refractivity contribution is 1.08. The summed E-state index contributed by atoms with van der Waals surface area (Å²) in [5, 5.41) is -0.646. The number of benzene rings is 2. The standard InChI is InChI=1S/C13H8B3/c14-13(16-15)11-7-3-1-5-9(11)10-6-2-4-8-12(10)13/h1-8H. The first-order valence-electron chi connectivity index (χ1n) is 5.32. The molecular weight excluding hydrogens is 189 g/mol. The van der Waals surface area contributed by atoms with Crippen molar-refractivity contribution >= 4 is 22.8 Å². The first-order chi connectivity index (χ1) is 7.77. The summed E-state index contributed by atoms with van der Waals surface area (Å²) >= 11 is 0. The van der Waals surface area contributed by atoms with Crippen molar-refractivity contribution in [2.24, 2.45) is 0 Å². The molecule has 0 aliphatic heterocycles. The van der Waals surface area contributed by atoms with Crippen molar-refractivity contribution in [3.05, 3.63) is 59.7 Å². The summed E-state index contributed by atoms with van der Waals surface area (Å²) in [4.78, 5) is 0. The average Bonchev–Trinajstić information content (AvgIpc) is 2.62. The molecule has 0 unspecified atom stereocenters. The Morgan fingerprint density at radius 3 is 1.69 bits per heavy atom. The molecule has 2 aromatic rings. The van der Waals surface area contributed by atoms with Crippen LogP contribution in [-0.2, 0) is 5.21 Å². The molecule has 3 heteroatoms. The maximum absolute atomic E-state index is 6.40.